The average molecular weight is 869 g/mol. The lowest BCUT2D eigenvalue weighted by Gasteiger charge is -2.28. The molecular formula is C48H60N4O7S2. The van der Waals surface area contributed by atoms with Crippen molar-refractivity contribution in [3.63, 3.8) is 0 Å². The monoisotopic (exact) mass is 868 g/mol. The number of carbonyl (C=O) groups excluding carboxylic acids is 3. The number of ether oxygens (including phenoxy) is 2. The van der Waals surface area contributed by atoms with Crippen molar-refractivity contribution in [2.75, 3.05) is 13.7 Å². The van der Waals surface area contributed by atoms with Gasteiger partial charge in [0.2, 0.25) is 21.8 Å². The number of unbranched alkanes of at least 4 members (excludes halogenated alkanes) is 3. The second kappa shape index (κ2) is 19.2. The SMILES string of the molecule is COc1ccc2c(O[C@@H]3C[C@@H](C(=O)CCC(=O)NS(=O)(=O)C4(C)CC4)N(C(=O)[C@H](CCCCC/C=C\C4CC4)Cc4ccccc4)C3)cc(-c3nc(C(C)C)cs3)nc2c1C. The Bertz CT molecular complexity index is 2350. The summed E-state index contributed by atoms with van der Waals surface area (Å²) in [6, 6.07) is 14.8. The molecule has 0 unspecified atom stereocenters. The fraction of sp³-hybridized carbons (Fsp3) is 0.521. The van der Waals surface area contributed by atoms with Crippen molar-refractivity contribution in [1.29, 1.82) is 0 Å². The van der Waals surface area contributed by atoms with Gasteiger partial charge in [-0.3, -0.25) is 19.1 Å². The van der Waals surface area contributed by atoms with Crippen molar-refractivity contribution in [2.24, 2.45) is 11.8 Å². The van der Waals surface area contributed by atoms with E-state index in [0.29, 0.717) is 48.4 Å². The van der Waals surface area contributed by atoms with Crippen LogP contribution in [0, 0.1) is 18.8 Å². The lowest BCUT2D eigenvalue weighted by molar-refractivity contribution is -0.141. The number of sulfonamides is 1. The first-order valence-corrected chi connectivity index (χ1v) is 24.3. The highest BCUT2D eigenvalue weighted by Crippen LogP contribution is 2.42. The summed E-state index contributed by atoms with van der Waals surface area (Å²) < 4.78 is 39.3. The summed E-state index contributed by atoms with van der Waals surface area (Å²) in [5, 5.41) is 3.57. The number of fused-ring (bicyclic) bond motifs is 1. The Kier molecular flexibility index (Phi) is 14.0. The van der Waals surface area contributed by atoms with Crippen molar-refractivity contribution >= 4 is 49.9 Å². The Hall–Kier alpha value is -4.62. The van der Waals surface area contributed by atoms with E-state index in [1.807, 2.05) is 60.8 Å². The number of benzene rings is 2. The van der Waals surface area contributed by atoms with Crippen LogP contribution in [0.25, 0.3) is 21.6 Å². The quantitative estimate of drug-likeness (QED) is 0.0640. The fourth-order valence-electron chi connectivity index (χ4n) is 8.11. The van der Waals surface area contributed by atoms with Gasteiger partial charge in [-0.25, -0.2) is 18.4 Å². The van der Waals surface area contributed by atoms with Crippen molar-refractivity contribution < 1.29 is 32.3 Å². The van der Waals surface area contributed by atoms with Crippen LogP contribution >= 0.6 is 11.3 Å². The van der Waals surface area contributed by atoms with E-state index in [1.165, 1.54) is 24.2 Å². The lowest BCUT2D eigenvalue weighted by Crippen LogP contribution is -2.45. The highest BCUT2D eigenvalue weighted by Gasteiger charge is 2.51. The van der Waals surface area contributed by atoms with E-state index in [9.17, 15) is 22.8 Å². The van der Waals surface area contributed by atoms with Crippen LogP contribution in [0.15, 0.2) is 66.1 Å². The topological polar surface area (TPSA) is 145 Å². The van der Waals surface area contributed by atoms with E-state index in [-0.39, 0.29) is 49.3 Å². The molecule has 1 N–H and O–H groups in total. The summed E-state index contributed by atoms with van der Waals surface area (Å²) in [6.45, 7) is 7.94. The van der Waals surface area contributed by atoms with Crippen molar-refractivity contribution in [1.82, 2.24) is 19.6 Å². The second-order valence-electron chi connectivity index (χ2n) is 17.7. The number of rotatable bonds is 21. The maximum Gasteiger partial charge on any atom is 0.240 e. The molecule has 3 heterocycles. The number of hydrogen-bond donors (Lipinski definition) is 1. The van der Waals surface area contributed by atoms with Gasteiger partial charge in [0, 0.05) is 47.6 Å². The summed E-state index contributed by atoms with van der Waals surface area (Å²) in [6.07, 6.45) is 12.5. The molecule has 3 atom stereocenters. The Labute approximate surface area is 364 Å². The molecule has 1 saturated heterocycles. The van der Waals surface area contributed by atoms with Crippen LogP contribution < -0.4 is 14.2 Å². The molecule has 4 aromatic rings. The van der Waals surface area contributed by atoms with Crippen molar-refractivity contribution in [3.05, 3.63) is 82.9 Å². The molecule has 2 aliphatic carbocycles. The fourth-order valence-corrected chi connectivity index (χ4v) is 10.3. The van der Waals surface area contributed by atoms with Gasteiger partial charge in [-0.15, -0.1) is 11.3 Å². The zero-order valence-corrected chi connectivity index (χ0v) is 37.8. The van der Waals surface area contributed by atoms with Crippen LogP contribution in [-0.2, 0) is 30.8 Å². The van der Waals surface area contributed by atoms with Crippen LogP contribution in [0.5, 0.6) is 11.5 Å². The molecule has 0 bridgehead atoms. The summed E-state index contributed by atoms with van der Waals surface area (Å²) in [7, 11) is -2.22. The van der Waals surface area contributed by atoms with Gasteiger partial charge in [-0.05, 0) is 94.7 Å². The molecule has 3 fully saturated rings. The first kappa shape index (κ1) is 44.4. The number of likely N-dealkylation sites (tertiary alicyclic amines) is 1. The molecule has 11 nitrogen and oxygen atoms in total. The highest BCUT2D eigenvalue weighted by molar-refractivity contribution is 7.91. The number of nitrogens with zero attached hydrogens (tertiary/aromatic N) is 3. The van der Waals surface area contributed by atoms with E-state index in [1.54, 1.807) is 18.9 Å². The van der Waals surface area contributed by atoms with Crippen LogP contribution in [0.4, 0.5) is 0 Å². The molecule has 7 rings (SSSR count). The van der Waals surface area contributed by atoms with Gasteiger partial charge in [-0.1, -0.05) is 69.2 Å². The minimum Gasteiger partial charge on any atom is -0.496 e. The molecule has 2 amide bonds. The smallest absolute Gasteiger partial charge is 0.240 e. The average Bonchev–Trinajstić information content (AvgIpc) is 4.12. The van der Waals surface area contributed by atoms with Crippen LogP contribution in [0.1, 0.15) is 121 Å². The highest BCUT2D eigenvalue weighted by atomic mass is 32.2. The van der Waals surface area contributed by atoms with E-state index >= 15 is 0 Å². The molecule has 3 aliphatic rings. The lowest BCUT2D eigenvalue weighted by atomic mass is 9.91. The van der Waals surface area contributed by atoms with Gasteiger partial charge < -0.3 is 14.4 Å². The molecule has 61 heavy (non-hydrogen) atoms. The van der Waals surface area contributed by atoms with Crippen LogP contribution in [0.2, 0.25) is 0 Å². The Morgan fingerprint density at radius 1 is 1.02 bits per heavy atom. The third kappa shape index (κ3) is 10.9. The number of aryl methyl sites for hydroxylation is 1. The zero-order chi connectivity index (χ0) is 43.3. The Balaban J connectivity index is 1.15. The predicted octanol–water partition coefficient (Wildman–Crippen LogP) is 9.27. The molecule has 326 valence electrons. The summed E-state index contributed by atoms with van der Waals surface area (Å²) >= 11 is 1.52. The maximum absolute atomic E-state index is 14.9. The number of pyridine rings is 1. The molecule has 1 aliphatic heterocycles. The third-order valence-electron chi connectivity index (χ3n) is 12.5. The molecule has 0 radical (unpaired) electrons. The summed E-state index contributed by atoms with van der Waals surface area (Å²) in [4.78, 5) is 53.7. The van der Waals surface area contributed by atoms with Crippen LogP contribution in [0.3, 0.4) is 0 Å². The van der Waals surface area contributed by atoms with Crippen molar-refractivity contribution in [2.45, 2.75) is 134 Å². The molecule has 13 heteroatoms. The minimum atomic E-state index is -3.85. The van der Waals surface area contributed by atoms with Gasteiger partial charge in [0.05, 0.1) is 35.7 Å². The predicted molar refractivity (Wildman–Crippen MR) is 240 cm³/mol. The number of ketones is 1. The van der Waals surface area contributed by atoms with Gasteiger partial charge in [-0.2, -0.15) is 0 Å². The largest absolute Gasteiger partial charge is 0.496 e. The molecule has 0 spiro atoms. The first-order valence-electron chi connectivity index (χ1n) is 21.9. The summed E-state index contributed by atoms with van der Waals surface area (Å²) in [5.74, 6) is 0.765. The normalized spacial score (nSPS) is 19.1. The molecule has 2 aromatic heterocycles. The number of thiazole rings is 1. The van der Waals surface area contributed by atoms with Gasteiger partial charge >= 0.3 is 0 Å². The number of carbonyl (C=O) groups is 3. The molecule has 2 saturated carbocycles. The third-order valence-corrected chi connectivity index (χ3v) is 15.6. The van der Waals surface area contributed by atoms with Gasteiger partial charge in [0.25, 0.3) is 0 Å². The molecule has 2 aromatic carbocycles. The first-order chi connectivity index (χ1) is 29.2. The summed E-state index contributed by atoms with van der Waals surface area (Å²) in [5.41, 5.74) is 4.23. The number of aromatic nitrogens is 2. The van der Waals surface area contributed by atoms with E-state index in [4.69, 9.17) is 19.4 Å². The minimum absolute atomic E-state index is 0.111. The number of nitrogens with one attached hydrogen (secondary N) is 1. The number of amides is 2. The number of Topliss-reactive ketones (excluding diaryl/α,β-unsaturated/α-hetero) is 1. The molecular weight excluding hydrogens is 809 g/mol. The van der Waals surface area contributed by atoms with Crippen molar-refractivity contribution in [3.8, 4) is 22.2 Å². The number of allylic oxidation sites excluding steroid dienone is 2. The van der Waals surface area contributed by atoms with Gasteiger partial charge in [0.1, 0.15) is 28.3 Å². The van der Waals surface area contributed by atoms with E-state index in [0.717, 1.165) is 58.8 Å². The van der Waals surface area contributed by atoms with Gasteiger partial charge in [0.15, 0.2) is 5.78 Å². The zero-order valence-electron chi connectivity index (χ0n) is 36.2. The number of methoxy groups -OCH3 is 1. The number of hydrogen-bond acceptors (Lipinski definition) is 10. The maximum atomic E-state index is 14.9. The van der Waals surface area contributed by atoms with Crippen LogP contribution in [-0.4, -0.2) is 71.4 Å². The Morgan fingerprint density at radius 2 is 1.79 bits per heavy atom. The second-order valence-corrected chi connectivity index (χ2v) is 20.8. The standard InChI is InChI=1S/C48H60N4O7S2/c1-31(2)39-30-60-46(50-39)38-28-43(37-20-22-42(58-5)32(3)45(37)49-38)59-36-27-40(41(53)21-23-44(54)51-61(56,57)48(4)24-25-48)52(29-36)47(55)35(26-34-15-11-9-12-16-34)17-13-8-6-7-10-14-33-18-19-33/h9-12,14-16,20,22,28,30-31,33,35-36,40H,6-8,13,17-19,21,23-27,29H2,1-5H3,(H,51,54)/b14-10-/t35-,36-,40+/m1/s1. The van der Waals surface area contributed by atoms with E-state index < -0.39 is 32.8 Å². The Morgan fingerprint density at radius 3 is 2.48 bits per heavy atom. The van der Waals surface area contributed by atoms with E-state index in [2.05, 4.69) is 30.7 Å².